The molecule has 8 heteroatoms. The SMILES string of the molecule is CC(=O)NN=Nc1ccc(S(=O)(=O)O)cc1. The van der Waals surface area contributed by atoms with Gasteiger partial charge in [-0.25, -0.2) is 5.43 Å². The van der Waals surface area contributed by atoms with Crippen molar-refractivity contribution in [2.24, 2.45) is 10.3 Å². The van der Waals surface area contributed by atoms with E-state index in [1.54, 1.807) is 0 Å². The van der Waals surface area contributed by atoms with Crippen molar-refractivity contribution < 1.29 is 17.8 Å². The molecule has 1 aromatic carbocycles. The molecular weight excluding hydrogens is 234 g/mol. The highest BCUT2D eigenvalue weighted by Gasteiger charge is 2.07. The maximum Gasteiger partial charge on any atom is 0.294 e. The molecule has 0 saturated heterocycles. The van der Waals surface area contributed by atoms with E-state index < -0.39 is 10.1 Å². The number of hydrogen-bond acceptors (Lipinski definition) is 5. The van der Waals surface area contributed by atoms with Crippen molar-refractivity contribution in [3.8, 4) is 0 Å². The van der Waals surface area contributed by atoms with Gasteiger partial charge in [-0.15, -0.1) is 5.11 Å². The van der Waals surface area contributed by atoms with E-state index in [4.69, 9.17) is 4.55 Å². The van der Waals surface area contributed by atoms with Crippen LogP contribution in [0, 0.1) is 0 Å². The van der Waals surface area contributed by atoms with Crippen molar-refractivity contribution in [1.29, 1.82) is 0 Å². The zero-order valence-corrected chi connectivity index (χ0v) is 9.10. The summed E-state index contributed by atoms with van der Waals surface area (Å²) in [6.07, 6.45) is 0. The maximum atomic E-state index is 10.7. The van der Waals surface area contributed by atoms with Crippen LogP contribution >= 0.6 is 0 Å². The number of carbonyl (C=O) groups excluding carboxylic acids is 1. The Balaban J connectivity index is 2.80. The minimum Gasteiger partial charge on any atom is -0.282 e. The van der Waals surface area contributed by atoms with Crippen LogP contribution in [-0.2, 0) is 14.9 Å². The van der Waals surface area contributed by atoms with E-state index in [-0.39, 0.29) is 10.8 Å². The first-order chi connectivity index (χ1) is 7.39. The van der Waals surface area contributed by atoms with Crippen LogP contribution in [0.2, 0.25) is 0 Å². The summed E-state index contributed by atoms with van der Waals surface area (Å²) in [5, 5.41) is 6.93. The van der Waals surface area contributed by atoms with Gasteiger partial charge in [-0.3, -0.25) is 9.35 Å². The zero-order valence-electron chi connectivity index (χ0n) is 8.28. The summed E-state index contributed by atoms with van der Waals surface area (Å²) in [5.41, 5.74) is 2.44. The second kappa shape index (κ2) is 4.81. The molecule has 0 aromatic heterocycles. The number of rotatable bonds is 3. The standard InChI is InChI=1S/C8H9N3O4S/c1-6(12)9-11-10-7-2-4-8(5-3-7)16(13,14)15/h2-5H,1H3,(H,9,10,12)(H,13,14,15). The Labute approximate surface area is 91.9 Å². The zero-order chi connectivity index (χ0) is 12.2. The molecule has 7 nitrogen and oxygen atoms in total. The molecule has 0 atom stereocenters. The Bertz CT molecular complexity index is 507. The first kappa shape index (κ1) is 12.3. The molecule has 0 bridgehead atoms. The molecule has 2 N–H and O–H groups in total. The molecular formula is C8H9N3O4S. The summed E-state index contributed by atoms with van der Waals surface area (Å²) >= 11 is 0. The van der Waals surface area contributed by atoms with Crippen molar-refractivity contribution in [3.63, 3.8) is 0 Å². The fourth-order valence-corrected chi connectivity index (χ4v) is 1.32. The summed E-state index contributed by atoms with van der Waals surface area (Å²) in [6.45, 7) is 1.28. The lowest BCUT2D eigenvalue weighted by Crippen LogP contribution is -2.10. The van der Waals surface area contributed by atoms with E-state index >= 15 is 0 Å². The summed E-state index contributed by atoms with van der Waals surface area (Å²) in [7, 11) is -4.20. The van der Waals surface area contributed by atoms with Crippen molar-refractivity contribution in [2.45, 2.75) is 11.8 Å². The van der Waals surface area contributed by atoms with Crippen molar-refractivity contribution in [1.82, 2.24) is 5.43 Å². The minimum absolute atomic E-state index is 0.231. The molecule has 0 fully saturated rings. The largest absolute Gasteiger partial charge is 0.294 e. The Kier molecular flexibility index (Phi) is 3.69. The highest BCUT2D eigenvalue weighted by atomic mass is 32.2. The second-order valence-electron chi connectivity index (χ2n) is 2.84. The molecule has 0 heterocycles. The van der Waals surface area contributed by atoms with Gasteiger partial charge in [-0.05, 0) is 24.3 Å². The Hall–Kier alpha value is -1.80. The van der Waals surface area contributed by atoms with E-state index in [1.807, 2.05) is 0 Å². The monoisotopic (exact) mass is 243 g/mol. The molecule has 0 radical (unpaired) electrons. The molecule has 1 rings (SSSR count). The third-order valence-corrected chi connectivity index (χ3v) is 2.38. The highest BCUT2D eigenvalue weighted by Crippen LogP contribution is 2.16. The van der Waals surface area contributed by atoms with Gasteiger partial charge in [0.25, 0.3) is 10.1 Å². The first-order valence-corrected chi connectivity index (χ1v) is 5.58. The van der Waals surface area contributed by atoms with Gasteiger partial charge in [0.15, 0.2) is 0 Å². The molecule has 1 aromatic rings. The Morgan fingerprint density at radius 1 is 1.31 bits per heavy atom. The summed E-state index contributed by atoms with van der Waals surface area (Å²) < 4.78 is 30.1. The minimum atomic E-state index is -4.20. The smallest absolute Gasteiger partial charge is 0.282 e. The molecule has 0 aliphatic rings. The molecule has 86 valence electrons. The molecule has 1 amide bonds. The van der Waals surface area contributed by atoms with E-state index in [0.29, 0.717) is 5.69 Å². The predicted octanol–water partition coefficient (Wildman–Crippen LogP) is 1.07. The number of nitrogens with one attached hydrogen (secondary N) is 1. The Morgan fingerprint density at radius 3 is 2.31 bits per heavy atom. The topological polar surface area (TPSA) is 108 Å². The van der Waals surface area contributed by atoms with Gasteiger partial charge in [-0.1, -0.05) is 5.22 Å². The van der Waals surface area contributed by atoms with Crippen LogP contribution in [0.5, 0.6) is 0 Å². The average Bonchev–Trinajstić information content (AvgIpc) is 2.16. The molecule has 0 aliphatic heterocycles. The van der Waals surface area contributed by atoms with Gasteiger partial charge in [0.2, 0.25) is 5.91 Å². The number of nitrogens with zero attached hydrogens (tertiary/aromatic N) is 2. The van der Waals surface area contributed by atoms with Gasteiger partial charge in [0.1, 0.15) is 0 Å². The first-order valence-electron chi connectivity index (χ1n) is 4.14. The van der Waals surface area contributed by atoms with Crippen LogP contribution < -0.4 is 5.43 Å². The Morgan fingerprint density at radius 2 is 1.88 bits per heavy atom. The fraction of sp³-hybridized carbons (Fsp3) is 0.125. The van der Waals surface area contributed by atoms with Gasteiger partial charge in [-0.2, -0.15) is 8.42 Å². The number of hydrogen-bond donors (Lipinski definition) is 2. The lowest BCUT2D eigenvalue weighted by Gasteiger charge is -1.96. The van der Waals surface area contributed by atoms with Crippen molar-refractivity contribution >= 4 is 21.7 Å². The normalized spacial score (nSPS) is 11.6. The average molecular weight is 243 g/mol. The fourth-order valence-electron chi connectivity index (χ4n) is 0.838. The lowest BCUT2D eigenvalue weighted by molar-refractivity contribution is -0.119. The second-order valence-corrected chi connectivity index (χ2v) is 4.26. The molecule has 0 saturated carbocycles. The highest BCUT2D eigenvalue weighted by molar-refractivity contribution is 7.85. The van der Waals surface area contributed by atoms with E-state index in [2.05, 4.69) is 15.8 Å². The number of benzene rings is 1. The summed E-state index contributed by atoms with van der Waals surface area (Å²) in [5.74, 6) is -0.363. The number of amides is 1. The molecule has 16 heavy (non-hydrogen) atoms. The van der Waals surface area contributed by atoms with Crippen LogP contribution in [0.15, 0.2) is 39.5 Å². The van der Waals surface area contributed by atoms with Gasteiger partial charge in [0, 0.05) is 6.92 Å². The predicted molar refractivity (Wildman–Crippen MR) is 54.6 cm³/mol. The third-order valence-electron chi connectivity index (χ3n) is 1.51. The van der Waals surface area contributed by atoms with Gasteiger partial charge in [0.05, 0.1) is 10.6 Å². The van der Waals surface area contributed by atoms with E-state index in [1.165, 1.54) is 31.2 Å². The number of carbonyl (C=O) groups is 1. The molecule has 0 aliphatic carbocycles. The van der Waals surface area contributed by atoms with Crippen LogP contribution in [0.4, 0.5) is 5.69 Å². The molecule has 0 unspecified atom stereocenters. The maximum absolute atomic E-state index is 10.7. The lowest BCUT2D eigenvalue weighted by atomic mass is 10.3. The van der Waals surface area contributed by atoms with E-state index in [0.717, 1.165) is 0 Å². The molecule has 0 spiro atoms. The quantitative estimate of drug-likeness (QED) is 0.470. The third kappa shape index (κ3) is 3.75. The van der Waals surface area contributed by atoms with Crippen LogP contribution in [0.3, 0.4) is 0 Å². The van der Waals surface area contributed by atoms with Gasteiger partial charge >= 0.3 is 0 Å². The van der Waals surface area contributed by atoms with Crippen molar-refractivity contribution in [3.05, 3.63) is 24.3 Å². The van der Waals surface area contributed by atoms with Crippen LogP contribution in [-0.4, -0.2) is 18.9 Å². The summed E-state index contributed by atoms with van der Waals surface area (Å²) in [6, 6.07) is 5.04. The van der Waals surface area contributed by atoms with Crippen molar-refractivity contribution in [2.75, 3.05) is 0 Å². The summed E-state index contributed by atoms with van der Waals surface area (Å²) in [4.78, 5) is 10.2. The van der Waals surface area contributed by atoms with Gasteiger partial charge < -0.3 is 0 Å². The van der Waals surface area contributed by atoms with Crippen LogP contribution in [0.1, 0.15) is 6.92 Å². The van der Waals surface area contributed by atoms with E-state index in [9.17, 15) is 13.2 Å². The van der Waals surface area contributed by atoms with Crippen LogP contribution in [0.25, 0.3) is 0 Å².